The Labute approximate surface area is 123 Å². The van der Waals surface area contributed by atoms with E-state index in [1.165, 1.54) is 0 Å². The van der Waals surface area contributed by atoms with E-state index in [2.05, 4.69) is 0 Å². The number of hydrogen-bond donors (Lipinski definition) is 2. The molecule has 1 aromatic rings. The lowest BCUT2D eigenvalue weighted by Crippen LogP contribution is -2.45. The molecule has 0 aromatic heterocycles. The van der Waals surface area contributed by atoms with Gasteiger partial charge in [-0.3, -0.25) is 0 Å². The predicted molar refractivity (Wildman–Crippen MR) is 75.5 cm³/mol. The molecule has 1 aliphatic rings. The first-order valence-corrected chi connectivity index (χ1v) is 6.87. The number of benzene rings is 1. The first-order valence-electron chi connectivity index (χ1n) is 6.87. The second-order valence-electron chi connectivity index (χ2n) is 5.53. The highest BCUT2D eigenvalue weighted by Crippen LogP contribution is 2.26. The zero-order valence-corrected chi connectivity index (χ0v) is 12.2. The van der Waals surface area contributed by atoms with Gasteiger partial charge in [-0.05, 0) is 19.4 Å². The van der Waals surface area contributed by atoms with E-state index >= 15 is 0 Å². The number of nitrogens with two attached hydrogens (primary N) is 1. The molecular formula is C15H21NO5. The van der Waals surface area contributed by atoms with E-state index < -0.39 is 30.2 Å². The van der Waals surface area contributed by atoms with E-state index in [0.29, 0.717) is 6.42 Å². The molecule has 1 aliphatic heterocycles. The van der Waals surface area contributed by atoms with E-state index in [1.54, 1.807) is 13.8 Å². The van der Waals surface area contributed by atoms with E-state index in [-0.39, 0.29) is 6.61 Å². The molecule has 3 atom stereocenters. The van der Waals surface area contributed by atoms with Crippen molar-refractivity contribution >= 4 is 6.09 Å². The number of carbonyl (C=O) groups is 1. The monoisotopic (exact) mass is 295 g/mol. The summed E-state index contributed by atoms with van der Waals surface area (Å²) in [5.41, 5.74) is 6.10. The Kier molecular flexibility index (Phi) is 4.82. The fraction of sp³-hybridized carbons (Fsp3) is 0.533. The zero-order chi connectivity index (χ0) is 15.5. The summed E-state index contributed by atoms with van der Waals surface area (Å²) in [6.45, 7) is 3.52. The minimum absolute atomic E-state index is 0.0102. The van der Waals surface area contributed by atoms with Crippen molar-refractivity contribution < 1.29 is 24.1 Å². The van der Waals surface area contributed by atoms with Crippen LogP contribution in [0.3, 0.4) is 0 Å². The highest BCUT2D eigenvalue weighted by atomic mass is 16.7. The number of amides is 1. The summed E-state index contributed by atoms with van der Waals surface area (Å²) in [6.07, 6.45) is -2.88. The average molecular weight is 295 g/mol. The van der Waals surface area contributed by atoms with E-state index in [0.717, 1.165) is 5.56 Å². The van der Waals surface area contributed by atoms with Crippen molar-refractivity contribution in [3.05, 3.63) is 35.9 Å². The van der Waals surface area contributed by atoms with Crippen LogP contribution in [0.1, 0.15) is 19.4 Å². The van der Waals surface area contributed by atoms with Gasteiger partial charge in [0.25, 0.3) is 0 Å². The third-order valence-electron chi connectivity index (χ3n) is 3.31. The molecule has 3 N–H and O–H groups in total. The predicted octanol–water partition coefficient (Wildman–Crippen LogP) is 1.21. The molecule has 1 fully saturated rings. The van der Waals surface area contributed by atoms with Crippen molar-refractivity contribution in [2.24, 2.45) is 5.73 Å². The number of primary amides is 1. The Morgan fingerprint density at radius 1 is 1.43 bits per heavy atom. The second kappa shape index (κ2) is 6.43. The number of ether oxygens (including phenoxy) is 3. The van der Waals surface area contributed by atoms with Gasteiger partial charge in [0.1, 0.15) is 12.2 Å². The van der Waals surface area contributed by atoms with Gasteiger partial charge >= 0.3 is 6.09 Å². The van der Waals surface area contributed by atoms with Crippen molar-refractivity contribution in [2.75, 3.05) is 6.61 Å². The molecule has 21 heavy (non-hydrogen) atoms. The lowest BCUT2D eigenvalue weighted by molar-refractivity contribution is -0.229. The van der Waals surface area contributed by atoms with Crippen molar-refractivity contribution in [1.82, 2.24) is 0 Å². The van der Waals surface area contributed by atoms with Crippen LogP contribution in [-0.2, 0) is 20.6 Å². The fourth-order valence-corrected chi connectivity index (χ4v) is 2.39. The average Bonchev–Trinajstić information content (AvgIpc) is 2.51. The van der Waals surface area contributed by atoms with Crippen LogP contribution in [0.15, 0.2) is 30.3 Å². The highest BCUT2D eigenvalue weighted by molar-refractivity contribution is 5.65. The SMILES string of the molecule is CC1(C)OCC(O)C(OC(N)=O)C(Cc2ccccc2)O1. The summed E-state index contributed by atoms with van der Waals surface area (Å²) in [4.78, 5) is 11.1. The Hall–Kier alpha value is -1.63. The number of carbonyl (C=O) groups excluding carboxylic acids is 1. The molecule has 0 aliphatic carbocycles. The minimum atomic E-state index is -0.993. The number of aliphatic hydroxyl groups excluding tert-OH is 1. The van der Waals surface area contributed by atoms with Crippen LogP contribution >= 0.6 is 0 Å². The second-order valence-corrected chi connectivity index (χ2v) is 5.53. The lowest BCUT2D eigenvalue weighted by atomic mass is 10.0. The largest absolute Gasteiger partial charge is 0.441 e. The Bertz CT molecular complexity index is 476. The van der Waals surface area contributed by atoms with E-state index in [9.17, 15) is 9.90 Å². The molecule has 6 heteroatoms. The normalized spacial score (nSPS) is 28.6. The van der Waals surface area contributed by atoms with Crippen LogP contribution in [0.5, 0.6) is 0 Å². The van der Waals surface area contributed by atoms with Gasteiger partial charge in [0, 0.05) is 6.42 Å². The van der Waals surface area contributed by atoms with Gasteiger partial charge < -0.3 is 25.1 Å². The van der Waals surface area contributed by atoms with E-state index in [4.69, 9.17) is 19.9 Å². The summed E-state index contributed by atoms with van der Waals surface area (Å²) in [5, 5.41) is 10.1. The molecule has 1 heterocycles. The van der Waals surface area contributed by atoms with Gasteiger partial charge in [0.05, 0.1) is 6.61 Å². The molecule has 0 bridgehead atoms. The first-order chi connectivity index (χ1) is 9.87. The maximum Gasteiger partial charge on any atom is 0.404 e. The third-order valence-corrected chi connectivity index (χ3v) is 3.31. The number of hydrogen-bond acceptors (Lipinski definition) is 5. The molecule has 1 amide bonds. The molecule has 1 aromatic carbocycles. The minimum Gasteiger partial charge on any atom is -0.441 e. The van der Waals surface area contributed by atoms with Gasteiger partial charge in [-0.15, -0.1) is 0 Å². The lowest BCUT2D eigenvalue weighted by Gasteiger charge is -2.30. The van der Waals surface area contributed by atoms with Gasteiger partial charge in [-0.2, -0.15) is 0 Å². The summed E-state index contributed by atoms with van der Waals surface area (Å²) in [7, 11) is 0. The molecule has 3 unspecified atom stereocenters. The van der Waals surface area contributed by atoms with Crippen molar-refractivity contribution in [1.29, 1.82) is 0 Å². The molecule has 1 saturated heterocycles. The smallest absolute Gasteiger partial charge is 0.404 e. The quantitative estimate of drug-likeness (QED) is 0.874. The molecule has 2 rings (SSSR count). The molecule has 0 radical (unpaired) electrons. The van der Waals surface area contributed by atoms with Crippen molar-refractivity contribution in [2.45, 2.75) is 44.4 Å². The standard InChI is InChI=1S/C15H21NO5/c1-15(2)19-9-11(17)13(20-14(16)18)12(21-15)8-10-6-4-3-5-7-10/h3-7,11-13,17H,8-9H2,1-2H3,(H2,16,18). The van der Waals surface area contributed by atoms with Gasteiger partial charge in [-0.1, -0.05) is 30.3 Å². The molecule has 0 spiro atoms. The Morgan fingerprint density at radius 3 is 2.71 bits per heavy atom. The van der Waals surface area contributed by atoms with Crippen LogP contribution in [0, 0.1) is 0 Å². The molecule has 6 nitrogen and oxygen atoms in total. The van der Waals surface area contributed by atoms with Gasteiger partial charge in [-0.25, -0.2) is 4.79 Å². The maximum absolute atomic E-state index is 11.1. The van der Waals surface area contributed by atoms with Crippen molar-refractivity contribution in [3.8, 4) is 0 Å². The van der Waals surface area contributed by atoms with Crippen LogP contribution < -0.4 is 5.73 Å². The summed E-state index contributed by atoms with van der Waals surface area (Å²) < 4.78 is 16.4. The first kappa shape index (κ1) is 15.8. The maximum atomic E-state index is 11.1. The summed E-state index contributed by atoms with van der Waals surface area (Å²) in [6, 6.07) is 9.62. The highest BCUT2D eigenvalue weighted by Gasteiger charge is 2.40. The number of aliphatic hydroxyl groups is 1. The molecule has 116 valence electrons. The third kappa shape index (κ3) is 4.42. The van der Waals surface area contributed by atoms with Crippen LogP contribution in [-0.4, -0.2) is 41.9 Å². The summed E-state index contributed by atoms with van der Waals surface area (Å²) in [5.74, 6) is -0.879. The van der Waals surface area contributed by atoms with Crippen molar-refractivity contribution in [3.63, 3.8) is 0 Å². The number of rotatable bonds is 3. The Morgan fingerprint density at radius 2 is 2.10 bits per heavy atom. The van der Waals surface area contributed by atoms with Crippen LogP contribution in [0.25, 0.3) is 0 Å². The Balaban J connectivity index is 2.22. The van der Waals surface area contributed by atoms with Gasteiger partial charge in [0.2, 0.25) is 0 Å². The molecule has 0 saturated carbocycles. The zero-order valence-electron chi connectivity index (χ0n) is 12.2. The van der Waals surface area contributed by atoms with Crippen LogP contribution in [0.2, 0.25) is 0 Å². The van der Waals surface area contributed by atoms with E-state index in [1.807, 2.05) is 30.3 Å². The van der Waals surface area contributed by atoms with Crippen LogP contribution in [0.4, 0.5) is 4.79 Å². The molecular weight excluding hydrogens is 274 g/mol. The summed E-state index contributed by atoms with van der Waals surface area (Å²) >= 11 is 0. The van der Waals surface area contributed by atoms with Gasteiger partial charge in [0.15, 0.2) is 11.9 Å². The topological polar surface area (TPSA) is 91.0 Å². The fourth-order valence-electron chi connectivity index (χ4n) is 2.39.